The number of hydrogen-bond donors (Lipinski definition) is 1. The molecule has 0 amide bonds. The smallest absolute Gasteiger partial charge is 0.303 e. The molecule has 5 nitrogen and oxygen atoms in total. The molecule has 1 heterocycles. The Kier molecular flexibility index (Phi) is 2.87. The summed E-state index contributed by atoms with van der Waals surface area (Å²) in [6, 6.07) is 0. The van der Waals surface area contributed by atoms with E-state index in [0.717, 1.165) is 44.3 Å². The predicted octanol–water partition coefficient (Wildman–Crippen LogP) is 2.70. The molecule has 0 radical (unpaired) electrons. The van der Waals surface area contributed by atoms with Crippen LogP contribution in [0.3, 0.4) is 0 Å². The van der Waals surface area contributed by atoms with Crippen LogP contribution in [0.15, 0.2) is 4.52 Å². The molecule has 2 aliphatic carbocycles. The van der Waals surface area contributed by atoms with E-state index in [-0.39, 0.29) is 17.3 Å². The van der Waals surface area contributed by atoms with Gasteiger partial charge in [0, 0.05) is 11.8 Å². The Labute approximate surface area is 112 Å². The molecule has 1 N–H and O–H groups in total. The highest BCUT2D eigenvalue weighted by molar-refractivity contribution is 5.67. The van der Waals surface area contributed by atoms with Crippen LogP contribution in [0.1, 0.15) is 63.6 Å². The number of carboxylic acids is 1. The van der Waals surface area contributed by atoms with Crippen molar-refractivity contribution in [1.82, 2.24) is 10.1 Å². The number of nitrogens with zero attached hydrogens (tertiary/aromatic N) is 2. The number of rotatable bonds is 5. The molecule has 2 aliphatic rings. The molecule has 1 aromatic heterocycles. The molecule has 0 spiro atoms. The lowest BCUT2D eigenvalue weighted by atomic mass is 9.79. The van der Waals surface area contributed by atoms with Gasteiger partial charge in [-0.2, -0.15) is 4.98 Å². The zero-order valence-electron chi connectivity index (χ0n) is 11.3. The van der Waals surface area contributed by atoms with Crippen LogP contribution in [0, 0.1) is 5.41 Å². The van der Waals surface area contributed by atoms with Gasteiger partial charge in [-0.1, -0.05) is 24.9 Å². The Morgan fingerprint density at radius 2 is 2.00 bits per heavy atom. The minimum atomic E-state index is -0.726. The Morgan fingerprint density at radius 1 is 1.32 bits per heavy atom. The number of carboxylic acid groups (broad SMARTS) is 1. The summed E-state index contributed by atoms with van der Waals surface area (Å²) in [6.07, 6.45) is 7.17. The molecule has 0 aromatic carbocycles. The molecule has 0 saturated heterocycles. The van der Waals surface area contributed by atoms with Crippen molar-refractivity contribution in [3.8, 4) is 0 Å². The van der Waals surface area contributed by atoms with E-state index >= 15 is 0 Å². The third-order valence-electron chi connectivity index (χ3n) is 4.72. The minimum Gasteiger partial charge on any atom is -0.481 e. The fourth-order valence-electron chi connectivity index (χ4n) is 3.17. The fraction of sp³-hybridized carbons (Fsp3) is 0.786. The van der Waals surface area contributed by atoms with E-state index in [4.69, 9.17) is 9.63 Å². The molecular weight excluding hydrogens is 244 g/mol. The molecule has 5 heteroatoms. The van der Waals surface area contributed by atoms with E-state index in [1.165, 1.54) is 0 Å². The Hall–Kier alpha value is -1.39. The van der Waals surface area contributed by atoms with Crippen molar-refractivity contribution in [1.29, 1.82) is 0 Å². The highest BCUT2D eigenvalue weighted by Crippen LogP contribution is 2.47. The summed E-state index contributed by atoms with van der Waals surface area (Å²) < 4.78 is 5.35. The molecule has 2 fully saturated rings. The van der Waals surface area contributed by atoms with E-state index in [0.29, 0.717) is 12.3 Å². The highest BCUT2D eigenvalue weighted by atomic mass is 16.5. The van der Waals surface area contributed by atoms with Crippen LogP contribution in [0.2, 0.25) is 0 Å². The van der Waals surface area contributed by atoms with Crippen molar-refractivity contribution in [2.75, 3.05) is 0 Å². The number of aliphatic carboxylic acids is 1. The van der Waals surface area contributed by atoms with E-state index < -0.39 is 5.97 Å². The van der Waals surface area contributed by atoms with Crippen molar-refractivity contribution in [2.45, 2.75) is 63.7 Å². The molecule has 3 rings (SSSR count). The van der Waals surface area contributed by atoms with Gasteiger partial charge in [0.2, 0.25) is 5.89 Å². The maximum Gasteiger partial charge on any atom is 0.303 e. The Morgan fingerprint density at radius 3 is 2.58 bits per heavy atom. The average molecular weight is 264 g/mol. The third kappa shape index (κ3) is 2.51. The molecule has 19 heavy (non-hydrogen) atoms. The lowest BCUT2D eigenvalue weighted by Gasteiger charge is -2.24. The lowest BCUT2D eigenvalue weighted by molar-refractivity contribution is -0.139. The Balaban J connectivity index is 1.74. The largest absolute Gasteiger partial charge is 0.481 e. The summed E-state index contributed by atoms with van der Waals surface area (Å²) >= 11 is 0. The van der Waals surface area contributed by atoms with Crippen molar-refractivity contribution < 1.29 is 14.4 Å². The first-order valence-corrected chi connectivity index (χ1v) is 7.06. The van der Waals surface area contributed by atoms with E-state index in [9.17, 15) is 4.79 Å². The highest BCUT2D eigenvalue weighted by Gasteiger charge is 2.44. The van der Waals surface area contributed by atoms with Gasteiger partial charge in [0.1, 0.15) is 0 Å². The van der Waals surface area contributed by atoms with Crippen LogP contribution in [-0.2, 0) is 16.6 Å². The maximum absolute atomic E-state index is 11.1. The SMILES string of the molecule is CC1(c2noc(CC3(CC(=O)O)CCCC3)n2)CC1. The average Bonchev–Trinajstić information content (AvgIpc) is 2.79. The van der Waals surface area contributed by atoms with Crippen molar-refractivity contribution in [3.63, 3.8) is 0 Å². The molecule has 0 bridgehead atoms. The van der Waals surface area contributed by atoms with Crippen molar-refractivity contribution >= 4 is 5.97 Å². The van der Waals surface area contributed by atoms with E-state index in [2.05, 4.69) is 17.1 Å². The maximum atomic E-state index is 11.1. The normalized spacial score (nSPS) is 23.4. The van der Waals surface area contributed by atoms with E-state index in [1.807, 2.05) is 0 Å². The molecule has 1 aromatic rings. The second-order valence-electron chi connectivity index (χ2n) is 6.53. The molecule has 0 unspecified atom stereocenters. The zero-order valence-corrected chi connectivity index (χ0v) is 11.3. The molecule has 2 saturated carbocycles. The van der Waals surface area contributed by atoms with Gasteiger partial charge in [-0.05, 0) is 31.1 Å². The summed E-state index contributed by atoms with van der Waals surface area (Å²) in [7, 11) is 0. The molecular formula is C14H20N2O3. The topological polar surface area (TPSA) is 76.2 Å². The van der Waals surface area contributed by atoms with Crippen LogP contribution in [0.25, 0.3) is 0 Å². The second kappa shape index (κ2) is 4.32. The summed E-state index contributed by atoms with van der Waals surface area (Å²) in [5, 5.41) is 13.2. The first-order chi connectivity index (χ1) is 9.01. The van der Waals surface area contributed by atoms with Gasteiger partial charge in [0.15, 0.2) is 5.82 Å². The fourth-order valence-corrected chi connectivity index (χ4v) is 3.17. The zero-order chi connectivity index (χ0) is 13.5. The van der Waals surface area contributed by atoms with Gasteiger partial charge in [0.05, 0.1) is 6.42 Å². The first kappa shape index (κ1) is 12.6. The van der Waals surface area contributed by atoms with Crippen molar-refractivity contribution in [2.24, 2.45) is 5.41 Å². The third-order valence-corrected chi connectivity index (χ3v) is 4.72. The van der Waals surface area contributed by atoms with Crippen LogP contribution < -0.4 is 0 Å². The Bertz CT molecular complexity index is 485. The summed E-state index contributed by atoms with van der Waals surface area (Å²) in [5.41, 5.74) is -0.0581. The number of hydrogen-bond acceptors (Lipinski definition) is 4. The van der Waals surface area contributed by atoms with Crippen molar-refractivity contribution in [3.05, 3.63) is 11.7 Å². The van der Waals surface area contributed by atoms with E-state index in [1.54, 1.807) is 0 Å². The van der Waals surface area contributed by atoms with Gasteiger partial charge < -0.3 is 9.63 Å². The van der Waals surface area contributed by atoms with Gasteiger partial charge >= 0.3 is 5.97 Å². The molecule has 104 valence electrons. The monoisotopic (exact) mass is 264 g/mol. The van der Waals surface area contributed by atoms with Gasteiger partial charge in [-0.3, -0.25) is 4.79 Å². The van der Waals surface area contributed by atoms with Gasteiger partial charge in [-0.15, -0.1) is 0 Å². The standard InChI is InChI=1S/C14H20N2O3/c1-13(6-7-13)12-15-10(19-16-12)8-14(9-11(17)18)4-2-3-5-14/h2-9H2,1H3,(H,17,18). The van der Waals surface area contributed by atoms with Crippen LogP contribution in [-0.4, -0.2) is 21.2 Å². The first-order valence-electron chi connectivity index (χ1n) is 7.06. The van der Waals surface area contributed by atoms with Crippen LogP contribution in [0.4, 0.5) is 0 Å². The quantitative estimate of drug-likeness (QED) is 0.884. The van der Waals surface area contributed by atoms with Crippen LogP contribution in [0.5, 0.6) is 0 Å². The van der Waals surface area contributed by atoms with Gasteiger partial charge in [0.25, 0.3) is 0 Å². The number of aromatic nitrogens is 2. The lowest BCUT2D eigenvalue weighted by Crippen LogP contribution is -2.24. The minimum absolute atomic E-state index is 0.109. The summed E-state index contributed by atoms with van der Waals surface area (Å²) in [4.78, 5) is 15.5. The molecule has 0 aliphatic heterocycles. The van der Waals surface area contributed by atoms with Gasteiger partial charge in [-0.25, -0.2) is 0 Å². The van der Waals surface area contributed by atoms with Crippen LogP contribution >= 0.6 is 0 Å². The molecule has 0 atom stereocenters. The second-order valence-corrected chi connectivity index (χ2v) is 6.53. The summed E-state index contributed by atoms with van der Waals surface area (Å²) in [6.45, 7) is 2.14. The summed E-state index contributed by atoms with van der Waals surface area (Å²) in [5.74, 6) is 0.688. The number of carbonyl (C=O) groups is 1. The predicted molar refractivity (Wildman–Crippen MR) is 67.7 cm³/mol.